The van der Waals surface area contributed by atoms with Crippen molar-refractivity contribution in [3.63, 3.8) is 0 Å². The van der Waals surface area contributed by atoms with Gasteiger partial charge < -0.3 is 5.11 Å². The molecule has 2 nitrogen and oxygen atoms in total. The first-order chi connectivity index (χ1) is 6.67. The van der Waals surface area contributed by atoms with E-state index in [-0.39, 0.29) is 12.4 Å². The Balaban J connectivity index is 2.96. The predicted octanol–water partition coefficient (Wildman–Crippen LogP) is 2.46. The lowest BCUT2D eigenvalue weighted by Gasteiger charge is -2.04. The van der Waals surface area contributed by atoms with Crippen LogP contribution in [0, 0.1) is 6.92 Å². The van der Waals surface area contributed by atoms with Crippen LogP contribution >= 0.6 is 15.9 Å². The molecule has 1 rings (SSSR count). The highest BCUT2D eigenvalue weighted by atomic mass is 79.9. The molecule has 0 unspecified atom stereocenters. The number of carbonyl (C=O) groups excluding carboxylic acids is 1. The van der Waals surface area contributed by atoms with E-state index in [0.717, 1.165) is 11.1 Å². The predicted molar refractivity (Wildman–Crippen MR) is 59.8 cm³/mol. The number of halogens is 1. The highest BCUT2D eigenvalue weighted by molar-refractivity contribution is 9.09. The fraction of sp³-hybridized carbons (Fsp3) is 0.364. The number of hydrogen-bond acceptors (Lipinski definition) is 2. The van der Waals surface area contributed by atoms with Crippen molar-refractivity contribution < 1.29 is 9.90 Å². The summed E-state index contributed by atoms with van der Waals surface area (Å²) in [6.45, 7) is 1.90. The number of Topliss-reactive ketones (excluding diaryl/α,β-unsaturated/α-hetero) is 1. The Hall–Kier alpha value is -0.670. The highest BCUT2D eigenvalue weighted by Gasteiger charge is 2.06. The summed E-state index contributed by atoms with van der Waals surface area (Å²) in [5.74, 6) is 0.111. The normalized spacial score (nSPS) is 10.2. The van der Waals surface area contributed by atoms with Gasteiger partial charge in [0.25, 0.3) is 0 Å². The molecular weight excluding hydrogens is 244 g/mol. The topological polar surface area (TPSA) is 37.3 Å². The first kappa shape index (κ1) is 11.4. The number of rotatable bonds is 4. The molecule has 0 saturated heterocycles. The third kappa shape index (κ3) is 2.93. The second-order valence-corrected chi connectivity index (χ2v) is 4.02. The summed E-state index contributed by atoms with van der Waals surface area (Å²) in [6, 6.07) is 5.48. The molecule has 0 atom stereocenters. The van der Waals surface area contributed by atoms with Crippen molar-refractivity contribution in [1.29, 1.82) is 0 Å². The quantitative estimate of drug-likeness (QED) is 0.664. The Kier molecular flexibility index (Phi) is 4.29. The Morgan fingerprint density at radius 2 is 2.14 bits per heavy atom. The lowest BCUT2D eigenvalue weighted by molar-refractivity contribution is 0.0989. The Morgan fingerprint density at radius 3 is 2.71 bits per heavy atom. The van der Waals surface area contributed by atoms with E-state index in [0.29, 0.717) is 17.3 Å². The fourth-order valence-corrected chi connectivity index (χ4v) is 1.71. The van der Waals surface area contributed by atoms with Crippen LogP contribution in [0.25, 0.3) is 0 Å². The third-order valence-electron chi connectivity index (χ3n) is 1.96. The maximum absolute atomic E-state index is 11.6. The Labute approximate surface area is 92.1 Å². The van der Waals surface area contributed by atoms with Gasteiger partial charge in [0.15, 0.2) is 5.78 Å². The van der Waals surface area contributed by atoms with E-state index in [1.807, 2.05) is 19.1 Å². The molecule has 1 aromatic rings. The van der Waals surface area contributed by atoms with Gasteiger partial charge in [0.1, 0.15) is 0 Å². The molecule has 0 heterocycles. The van der Waals surface area contributed by atoms with Gasteiger partial charge in [-0.1, -0.05) is 27.6 Å². The molecule has 0 aliphatic rings. The first-order valence-electron chi connectivity index (χ1n) is 4.48. The van der Waals surface area contributed by atoms with Crippen LogP contribution < -0.4 is 0 Å². The number of ketones is 1. The lowest BCUT2D eigenvalue weighted by Crippen LogP contribution is -2.01. The van der Waals surface area contributed by atoms with Gasteiger partial charge in [-0.25, -0.2) is 0 Å². The van der Waals surface area contributed by atoms with Crippen molar-refractivity contribution in [1.82, 2.24) is 0 Å². The summed E-state index contributed by atoms with van der Waals surface area (Å²) in [5.41, 5.74) is 2.49. The zero-order valence-corrected chi connectivity index (χ0v) is 9.67. The van der Waals surface area contributed by atoms with Crippen molar-refractivity contribution in [3.8, 4) is 0 Å². The molecule has 0 bridgehead atoms. The van der Waals surface area contributed by atoms with E-state index in [4.69, 9.17) is 5.11 Å². The third-order valence-corrected chi connectivity index (χ3v) is 2.36. The van der Waals surface area contributed by atoms with Gasteiger partial charge >= 0.3 is 0 Å². The minimum absolute atomic E-state index is 0.0176. The Morgan fingerprint density at radius 1 is 1.43 bits per heavy atom. The second-order valence-electron chi connectivity index (χ2n) is 3.23. The van der Waals surface area contributed by atoms with E-state index in [1.54, 1.807) is 6.07 Å². The molecule has 3 heteroatoms. The second kappa shape index (κ2) is 5.27. The summed E-state index contributed by atoms with van der Waals surface area (Å²) in [6.07, 6.45) is 0.494. The minimum atomic E-state index is -0.0176. The number of alkyl halides is 1. The van der Waals surface area contributed by atoms with E-state index in [2.05, 4.69) is 15.9 Å². The highest BCUT2D eigenvalue weighted by Crippen LogP contribution is 2.12. The van der Waals surface area contributed by atoms with Crippen LogP contribution in [-0.2, 0) is 6.61 Å². The van der Waals surface area contributed by atoms with Gasteiger partial charge in [-0.3, -0.25) is 4.79 Å². The van der Waals surface area contributed by atoms with Gasteiger partial charge in [0.05, 0.1) is 6.61 Å². The van der Waals surface area contributed by atoms with Gasteiger partial charge in [-0.15, -0.1) is 0 Å². The molecular formula is C11H13BrO2. The number of aryl methyl sites for hydroxylation is 1. The maximum atomic E-state index is 11.6. The molecule has 1 aromatic carbocycles. The Bertz CT molecular complexity index is 334. The number of aliphatic hydroxyl groups is 1. The van der Waals surface area contributed by atoms with Gasteiger partial charge in [-0.05, 0) is 24.6 Å². The first-order valence-corrected chi connectivity index (χ1v) is 5.60. The number of aliphatic hydroxyl groups excluding tert-OH is 1. The SMILES string of the molecule is Cc1cc(CO)cc(C(=O)CCBr)c1. The molecule has 0 aliphatic carbocycles. The van der Waals surface area contributed by atoms with Crippen LogP contribution in [-0.4, -0.2) is 16.2 Å². The largest absolute Gasteiger partial charge is 0.392 e. The smallest absolute Gasteiger partial charge is 0.163 e. The van der Waals surface area contributed by atoms with Crippen molar-refractivity contribution >= 4 is 21.7 Å². The number of benzene rings is 1. The van der Waals surface area contributed by atoms with Crippen molar-refractivity contribution in [2.45, 2.75) is 20.0 Å². The molecule has 14 heavy (non-hydrogen) atoms. The van der Waals surface area contributed by atoms with Crippen LogP contribution in [0.4, 0.5) is 0 Å². The summed E-state index contributed by atoms with van der Waals surface area (Å²) in [4.78, 5) is 11.6. The average molecular weight is 257 g/mol. The molecule has 0 aromatic heterocycles. The molecule has 0 spiro atoms. The fourth-order valence-electron chi connectivity index (χ4n) is 1.34. The molecule has 0 radical (unpaired) electrons. The average Bonchev–Trinajstić information content (AvgIpc) is 2.17. The molecule has 76 valence electrons. The molecule has 0 fully saturated rings. The summed E-state index contributed by atoms with van der Waals surface area (Å²) < 4.78 is 0. The van der Waals surface area contributed by atoms with Crippen molar-refractivity contribution in [2.75, 3.05) is 5.33 Å². The van der Waals surface area contributed by atoms with Crippen LogP contribution in [0.15, 0.2) is 18.2 Å². The number of hydrogen-bond donors (Lipinski definition) is 1. The lowest BCUT2D eigenvalue weighted by atomic mass is 10.0. The molecule has 1 N–H and O–H groups in total. The maximum Gasteiger partial charge on any atom is 0.163 e. The van der Waals surface area contributed by atoms with E-state index >= 15 is 0 Å². The standard InChI is InChI=1S/C11H13BrO2/c1-8-4-9(7-13)6-10(5-8)11(14)2-3-12/h4-6,13H,2-3,7H2,1H3. The van der Waals surface area contributed by atoms with Crippen molar-refractivity contribution in [2.24, 2.45) is 0 Å². The van der Waals surface area contributed by atoms with Crippen LogP contribution in [0.5, 0.6) is 0 Å². The van der Waals surface area contributed by atoms with Gasteiger partial charge in [0, 0.05) is 17.3 Å². The summed E-state index contributed by atoms with van der Waals surface area (Å²) in [7, 11) is 0. The summed E-state index contributed by atoms with van der Waals surface area (Å²) in [5, 5.41) is 9.65. The van der Waals surface area contributed by atoms with Crippen LogP contribution in [0.1, 0.15) is 27.9 Å². The molecule has 0 aliphatic heterocycles. The van der Waals surface area contributed by atoms with E-state index in [9.17, 15) is 4.79 Å². The minimum Gasteiger partial charge on any atom is -0.392 e. The van der Waals surface area contributed by atoms with E-state index in [1.165, 1.54) is 0 Å². The zero-order valence-electron chi connectivity index (χ0n) is 8.09. The van der Waals surface area contributed by atoms with Gasteiger partial charge in [-0.2, -0.15) is 0 Å². The van der Waals surface area contributed by atoms with Crippen LogP contribution in [0.3, 0.4) is 0 Å². The molecule has 0 amide bonds. The van der Waals surface area contributed by atoms with Gasteiger partial charge in [0.2, 0.25) is 0 Å². The van der Waals surface area contributed by atoms with E-state index < -0.39 is 0 Å². The summed E-state index contributed by atoms with van der Waals surface area (Å²) >= 11 is 3.23. The van der Waals surface area contributed by atoms with Crippen molar-refractivity contribution in [3.05, 3.63) is 34.9 Å². The molecule has 0 saturated carbocycles. The zero-order chi connectivity index (χ0) is 10.6. The van der Waals surface area contributed by atoms with Crippen LogP contribution in [0.2, 0.25) is 0 Å². The number of carbonyl (C=O) groups is 1. The monoisotopic (exact) mass is 256 g/mol.